The molecule has 2 amide bonds. The predicted octanol–water partition coefficient (Wildman–Crippen LogP) is 1.66. The lowest BCUT2D eigenvalue weighted by Crippen LogP contribution is -2.48. The van der Waals surface area contributed by atoms with Gasteiger partial charge in [-0.1, -0.05) is 10.4 Å². The Morgan fingerprint density at radius 2 is 1.19 bits per heavy atom. The van der Waals surface area contributed by atoms with Crippen molar-refractivity contribution in [1.82, 2.24) is 21.3 Å². The van der Waals surface area contributed by atoms with Crippen LogP contribution in [0.5, 0.6) is 0 Å². The van der Waals surface area contributed by atoms with Crippen LogP contribution in [0, 0.1) is 15.7 Å². The molecule has 0 fully saturated rings. The molecule has 0 heterocycles. The van der Waals surface area contributed by atoms with Gasteiger partial charge in [-0.3, -0.25) is 9.59 Å². The molecule has 0 bridgehead atoms. The van der Waals surface area contributed by atoms with E-state index in [0.717, 1.165) is 19.3 Å². The van der Waals surface area contributed by atoms with E-state index in [4.69, 9.17) is 4.74 Å². The van der Waals surface area contributed by atoms with E-state index in [9.17, 15) is 24.2 Å². The third kappa shape index (κ3) is 14.9. The number of ether oxygens (including phenoxy) is 1. The number of amides is 2. The molecule has 0 aliphatic carbocycles. The summed E-state index contributed by atoms with van der Waals surface area (Å²) in [6, 6.07) is -0.746. The highest BCUT2D eigenvalue weighted by atomic mass is 16.5. The van der Waals surface area contributed by atoms with Crippen LogP contribution in [0.4, 0.5) is 0 Å². The molecule has 12 nitrogen and oxygen atoms in total. The molecule has 0 aromatic rings. The summed E-state index contributed by atoms with van der Waals surface area (Å²) >= 11 is 0. The van der Waals surface area contributed by atoms with Gasteiger partial charge in [0.05, 0.1) is 0 Å². The van der Waals surface area contributed by atoms with E-state index >= 15 is 0 Å². The van der Waals surface area contributed by atoms with Gasteiger partial charge in [-0.15, -0.1) is 0 Å². The second-order valence-corrected chi connectivity index (χ2v) is 10.2. The number of carbonyl (C=O) groups excluding carboxylic acids is 3. The predicted molar refractivity (Wildman–Crippen MR) is 140 cm³/mol. The first kappa shape index (κ1) is 33.7. The van der Waals surface area contributed by atoms with Crippen molar-refractivity contribution in [2.75, 3.05) is 39.4 Å². The summed E-state index contributed by atoms with van der Waals surface area (Å²) < 4.78 is 5.11. The molecule has 208 valence electrons. The van der Waals surface area contributed by atoms with Crippen molar-refractivity contribution < 1.29 is 19.1 Å². The minimum atomic E-state index is -0.428. The Bertz CT molecular complexity index is 656. The van der Waals surface area contributed by atoms with Crippen LogP contribution in [0.1, 0.15) is 67.2 Å². The van der Waals surface area contributed by atoms with Crippen LogP contribution in [-0.4, -0.2) is 80.7 Å². The summed E-state index contributed by atoms with van der Waals surface area (Å²) in [6.45, 7) is 12.9. The SMILES string of the molecule is CC(N=O)C(C)(C)NCCC(CCNC(=O)COCC(=O)NCCC=O)CCNC(C)(C)C(C)N=O. The molecule has 2 atom stereocenters. The van der Waals surface area contributed by atoms with Gasteiger partial charge >= 0.3 is 0 Å². The van der Waals surface area contributed by atoms with Gasteiger partial charge in [0, 0.05) is 30.6 Å². The number of hydrogen-bond donors (Lipinski definition) is 4. The molecule has 0 spiro atoms. The van der Waals surface area contributed by atoms with E-state index in [0.29, 0.717) is 25.9 Å². The van der Waals surface area contributed by atoms with Gasteiger partial charge in [-0.25, -0.2) is 0 Å². The van der Waals surface area contributed by atoms with Crippen molar-refractivity contribution in [3.8, 4) is 0 Å². The van der Waals surface area contributed by atoms with Crippen molar-refractivity contribution in [3.63, 3.8) is 0 Å². The number of nitrogens with one attached hydrogen (secondary N) is 4. The van der Waals surface area contributed by atoms with E-state index in [1.54, 1.807) is 13.8 Å². The topological polar surface area (TPSA) is 167 Å². The van der Waals surface area contributed by atoms with Gasteiger partial charge < -0.3 is 30.8 Å². The molecule has 0 aliphatic rings. The molecule has 0 saturated heterocycles. The zero-order valence-corrected chi connectivity index (χ0v) is 22.7. The molecule has 12 heteroatoms. The van der Waals surface area contributed by atoms with Crippen molar-refractivity contribution in [2.45, 2.75) is 90.4 Å². The Morgan fingerprint density at radius 3 is 1.61 bits per heavy atom. The molecule has 0 aromatic carbocycles. The summed E-state index contributed by atoms with van der Waals surface area (Å²) in [5.41, 5.74) is -0.856. The Hall–Kier alpha value is -2.31. The molecule has 0 radical (unpaired) electrons. The maximum absolute atomic E-state index is 12.1. The lowest BCUT2D eigenvalue weighted by atomic mass is 9.92. The molecule has 0 rings (SSSR count). The largest absolute Gasteiger partial charge is 0.362 e. The number of nitrogens with zero attached hydrogens (tertiary/aromatic N) is 2. The Kier molecular flexibility index (Phi) is 16.9. The number of carbonyl (C=O) groups is 3. The first-order valence-electron chi connectivity index (χ1n) is 12.6. The zero-order chi connectivity index (χ0) is 27.6. The maximum Gasteiger partial charge on any atom is 0.246 e. The van der Waals surface area contributed by atoms with E-state index in [-0.39, 0.29) is 56.0 Å². The normalized spacial score (nSPS) is 14.4. The first-order valence-corrected chi connectivity index (χ1v) is 12.6. The van der Waals surface area contributed by atoms with Crippen LogP contribution in [-0.2, 0) is 19.1 Å². The van der Waals surface area contributed by atoms with Crippen molar-refractivity contribution >= 4 is 18.1 Å². The van der Waals surface area contributed by atoms with Gasteiger partial charge in [0.1, 0.15) is 31.6 Å². The molecule has 0 aliphatic heterocycles. The number of rotatable bonds is 22. The van der Waals surface area contributed by atoms with Crippen molar-refractivity contribution in [3.05, 3.63) is 9.81 Å². The van der Waals surface area contributed by atoms with Crippen LogP contribution in [0.25, 0.3) is 0 Å². The molecule has 4 N–H and O–H groups in total. The van der Waals surface area contributed by atoms with E-state index in [1.165, 1.54) is 0 Å². The van der Waals surface area contributed by atoms with E-state index < -0.39 is 11.1 Å². The van der Waals surface area contributed by atoms with Gasteiger partial charge in [0.2, 0.25) is 11.8 Å². The van der Waals surface area contributed by atoms with Crippen LogP contribution >= 0.6 is 0 Å². The fourth-order valence-corrected chi connectivity index (χ4v) is 3.21. The number of hydrogen-bond acceptors (Lipinski definition) is 10. The molecular formula is C24H46N6O6. The monoisotopic (exact) mass is 514 g/mol. The van der Waals surface area contributed by atoms with Crippen LogP contribution in [0.3, 0.4) is 0 Å². The Morgan fingerprint density at radius 1 is 0.778 bits per heavy atom. The number of aldehydes is 1. The highest BCUT2D eigenvalue weighted by Crippen LogP contribution is 2.17. The zero-order valence-electron chi connectivity index (χ0n) is 22.7. The average Bonchev–Trinajstić information content (AvgIpc) is 2.82. The molecule has 2 unspecified atom stereocenters. The minimum Gasteiger partial charge on any atom is -0.362 e. The van der Waals surface area contributed by atoms with Crippen LogP contribution in [0.2, 0.25) is 0 Å². The van der Waals surface area contributed by atoms with Crippen molar-refractivity contribution in [1.29, 1.82) is 0 Å². The standard InChI is InChI=1S/C24H46N6O6/c1-18(29-34)23(3,4)27-13-9-20(10-14-28-24(5,6)19(2)30-35)8-12-26-22(33)17-36-16-21(32)25-11-7-15-31/h15,18-20,27-28H,7-14,16-17H2,1-6H3,(H,25,32)(H,26,33). The lowest BCUT2D eigenvalue weighted by Gasteiger charge is -2.31. The smallest absolute Gasteiger partial charge is 0.246 e. The first-order chi connectivity index (χ1) is 16.9. The van der Waals surface area contributed by atoms with Gasteiger partial charge in [-0.2, -0.15) is 9.81 Å². The highest BCUT2D eigenvalue weighted by Gasteiger charge is 2.27. The Labute approximate surface area is 214 Å². The highest BCUT2D eigenvalue weighted by molar-refractivity contribution is 5.79. The van der Waals surface area contributed by atoms with Gasteiger partial charge in [-0.05, 0) is 79.8 Å². The third-order valence-corrected chi connectivity index (χ3v) is 6.60. The fourth-order valence-electron chi connectivity index (χ4n) is 3.21. The van der Waals surface area contributed by atoms with E-state index in [2.05, 4.69) is 31.6 Å². The average molecular weight is 515 g/mol. The summed E-state index contributed by atoms with van der Waals surface area (Å²) in [7, 11) is 0. The fraction of sp³-hybridized carbons (Fsp3) is 0.875. The lowest BCUT2D eigenvalue weighted by molar-refractivity contribution is -0.130. The summed E-state index contributed by atoms with van der Waals surface area (Å²) in [5.74, 6) is -0.432. The quantitative estimate of drug-likeness (QED) is 0.0961. The van der Waals surface area contributed by atoms with Crippen molar-refractivity contribution in [2.24, 2.45) is 16.3 Å². The third-order valence-electron chi connectivity index (χ3n) is 6.60. The van der Waals surface area contributed by atoms with Crippen LogP contribution in [0.15, 0.2) is 10.4 Å². The number of nitroso groups, excluding NO2 is 2. The maximum atomic E-state index is 12.1. The summed E-state index contributed by atoms with van der Waals surface area (Å²) in [6.07, 6.45) is 3.32. The second kappa shape index (κ2) is 18.0. The van der Waals surface area contributed by atoms with Gasteiger partial charge in [0.25, 0.3) is 0 Å². The van der Waals surface area contributed by atoms with Gasteiger partial charge in [0.15, 0.2) is 0 Å². The summed E-state index contributed by atoms with van der Waals surface area (Å²) in [5, 5.41) is 18.4. The molecule has 0 saturated carbocycles. The Balaban J connectivity index is 4.61. The molecular weight excluding hydrogens is 468 g/mol. The molecule has 0 aromatic heterocycles. The summed E-state index contributed by atoms with van der Waals surface area (Å²) in [4.78, 5) is 55.7. The molecule has 36 heavy (non-hydrogen) atoms. The minimum absolute atomic E-state index is 0.230. The van der Waals surface area contributed by atoms with Crippen LogP contribution < -0.4 is 21.3 Å². The second-order valence-electron chi connectivity index (χ2n) is 10.2. The van der Waals surface area contributed by atoms with E-state index in [1.807, 2.05) is 27.7 Å².